The summed E-state index contributed by atoms with van der Waals surface area (Å²) in [5.74, 6) is -0.0750. The first-order valence-electron chi connectivity index (χ1n) is 9.48. The number of carbonyl (C=O) groups is 2. The highest BCUT2D eigenvalue weighted by molar-refractivity contribution is 5.93. The van der Waals surface area contributed by atoms with E-state index in [9.17, 15) is 14.0 Å². The van der Waals surface area contributed by atoms with Crippen molar-refractivity contribution < 1.29 is 18.7 Å². The van der Waals surface area contributed by atoms with Gasteiger partial charge in [0.1, 0.15) is 12.6 Å². The predicted molar refractivity (Wildman–Crippen MR) is 110 cm³/mol. The first-order valence-corrected chi connectivity index (χ1v) is 9.48. The molecule has 2 atom stereocenters. The Bertz CT molecular complexity index is 1080. The maximum atomic E-state index is 13.4. The molecule has 29 heavy (non-hydrogen) atoms. The van der Waals surface area contributed by atoms with E-state index in [4.69, 9.17) is 4.74 Å². The molecule has 0 spiro atoms. The molecule has 1 amide bonds. The van der Waals surface area contributed by atoms with Gasteiger partial charge in [-0.05, 0) is 27.5 Å². The number of rotatable bonds is 6. The van der Waals surface area contributed by atoms with E-state index < -0.39 is 18.2 Å². The van der Waals surface area contributed by atoms with Crippen molar-refractivity contribution in [2.24, 2.45) is 0 Å². The average molecular weight is 389 g/mol. The summed E-state index contributed by atoms with van der Waals surface area (Å²) >= 11 is 0. The first-order chi connectivity index (χ1) is 14.1. The second kappa shape index (κ2) is 8.27. The van der Waals surface area contributed by atoms with Crippen LogP contribution in [0.2, 0.25) is 0 Å². The van der Waals surface area contributed by atoms with Crippen LogP contribution in [0.5, 0.6) is 0 Å². The van der Waals surface area contributed by atoms with Crippen LogP contribution in [0.25, 0.3) is 16.8 Å². The molecule has 146 valence electrons. The third kappa shape index (κ3) is 4.19. The van der Waals surface area contributed by atoms with Crippen LogP contribution in [-0.2, 0) is 16.0 Å². The molecule has 0 saturated heterocycles. The van der Waals surface area contributed by atoms with E-state index in [1.54, 1.807) is 24.3 Å². The Kier molecular flexibility index (Phi) is 5.38. The van der Waals surface area contributed by atoms with Crippen molar-refractivity contribution in [3.63, 3.8) is 0 Å². The summed E-state index contributed by atoms with van der Waals surface area (Å²) < 4.78 is 18.7. The predicted octanol–water partition coefficient (Wildman–Crippen LogP) is 4.78. The summed E-state index contributed by atoms with van der Waals surface area (Å²) in [7, 11) is 0. The van der Waals surface area contributed by atoms with Crippen molar-refractivity contribution in [1.29, 1.82) is 0 Å². The number of ether oxygens (including phenoxy) is 1. The molecule has 0 aliphatic heterocycles. The van der Waals surface area contributed by atoms with Gasteiger partial charge < -0.3 is 10.1 Å². The highest BCUT2D eigenvalue weighted by atomic mass is 19.1. The van der Waals surface area contributed by atoms with Gasteiger partial charge in [0.25, 0.3) is 0 Å². The molecular formula is C24H20FNO3. The maximum Gasteiger partial charge on any atom is 0.407 e. The number of carbonyl (C=O) groups excluding carboxylic acids is 2. The van der Waals surface area contributed by atoms with Crippen molar-refractivity contribution in [3.8, 4) is 0 Å². The summed E-state index contributed by atoms with van der Waals surface area (Å²) in [4.78, 5) is 23.4. The first kappa shape index (κ1) is 18.9. The number of hydrogen-bond acceptors (Lipinski definition) is 3. The smallest absolute Gasteiger partial charge is 0.407 e. The molecule has 1 unspecified atom stereocenters. The number of hydrogen-bond donors (Lipinski definition) is 1. The molecule has 1 N–H and O–H groups in total. The van der Waals surface area contributed by atoms with E-state index in [2.05, 4.69) is 17.4 Å². The minimum Gasteiger partial charge on any atom is -0.449 e. The molecule has 0 bridgehead atoms. The van der Waals surface area contributed by atoms with E-state index >= 15 is 0 Å². The Morgan fingerprint density at radius 3 is 2.55 bits per heavy atom. The number of alkyl carbamates (subject to hydrolysis) is 1. The van der Waals surface area contributed by atoms with Gasteiger partial charge >= 0.3 is 12.1 Å². The Morgan fingerprint density at radius 2 is 1.76 bits per heavy atom. The molecule has 4 nitrogen and oxygen atoms in total. The number of nitrogens with one attached hydrogen (secondary N) is 1. The van der Waals surface area contributed by atoms with E-state index in [1.807, 2.05) is 42.5 Å². The van der Waals surface area contributed by atoms with E-state index in [0.29, 0.717) is 0 Å². The Labute approximate surface area is 168 Å². The minimum atomic E-state index is -1.59. The molecule has 1 aliphatic carbocycles. The normalized spacial score (nSPS) is 15.7. The molecule has 5 heteroatoms. The molecule has 0 saturated carbocycles. The molecule has 0 aromatic heterocycles. The van der Waals surface area contributed by atoms with E-state index in [1.165, 1.54) is 0 Å². The summed E-state index contributed by atoms with van der Waals surface area (Å²) in [6.45, 7) is 0.117. The lowest BCUT2D eigenvalue weighted by molar-refractivity contribution is -0.131. The summed E-state index contributed by atoms with van der Waals surface area (Å²) in [6, 6.07) is 18.3. The molecule has 0 heterocycles. The van der Waals surface area contributed by atoms with Crippen LogP contribution in [-0.4, -0.2) is 24.8 Å². The molecule has 1 aliphatic rings. The van der Waals surface area contributed by atoms with Crippen LogP contribution in [0.1, 0.15) is 22.6 Å². The van der Waals surface area contributed by atoms with Gasteiger partial charge in [-0.3, -0.25) is 4.79 Å². The zero-order chi connectivity index (χ0) is 20.2. The van der Waals surface area contributed by atoms with Crippen LogP contribution in [0, 0.1) is 0 Å². The Balaban J connectivity index is 1.38. The molecule has 3 aromatic carbocycles. The number of halogens is 1. The molecule has 4 rings (SSSR count). The highest BCUT2D eigenvalue weighted by Crippen LogP contribution is 2.35. The van der Waals surface area contributed by atoms with Crippen LogP contribution in [0.3, 0.4) is 0 Å². The van der Waals surface area contributed by atoms with Gasteiger partial charge in [-0.15, -0.1) is 0 Å². The van der Waals surface area contributed by atoms with E-state index in [-0.39, 0.29) is 18.9 Å². The molecule has 0 radical (unpaired) electrons. The lowest BCUT2D eigenvalue weighted by atomic mass is 9.96. The largest absolute Gasteiger partial charge is 0.449 e. The maximum absolute atomic E-state index is 13.4. The Hall–Kier alpha value is -3.47. The fourth-order valence-corrected chi connectivity index (χ4v) is 3.67. The average Bonchev–Trinajstić information content (AvgIpc) is 3.16. The molecule has 0 fully saturated rings. The van der Waals surface area contributed by atoms with Gasteiger partial charge in [-0.1, -0.05) is 78.9 Å². The van der Waals surface area contributed by atoms with Gasteiger partial charge in [-0.25, -0.2) is 4.79 Å². The second-order valence-corrected chi connectivity index (χ2v) is 7.04. The zero-order valence-corrected chi connectivity index (χ0v) is 15.7. The van der Waals surface area contributed by atoms with Gasteiger partial charge in [-0.2, -0.15) is 4.39 Å². The minimum absolute atomic E-state index is 0.0728. The van der Waals surface area contributed by atoms with Gasteiger partial charge in [0.15, 0.2) is 0 Å². The fourth-order valence-electron chi connectivity index (χ4n) is 3.67. The van der Waals surface area contributed by atoms with Crippen molar-refractivity contribution >= 4 is 29.0 Å². The second-order valence-electron chi connectivity index (χ2n) is 7.04. The fraction of sp³-hybridized carbons (Fsp3) is 0.167. The number of benzene rings is 3. The van der Waals surface area contributed by atoms with Gasteiger partial charge in [0.05, 0.1) is 0 Å². The third-order valence-corrected chi connectivity index (χ3v) is 5.14. The van der Waals surface area contributed by atoms with Crippen LogP contribution in [0.15, 0.2) is 72.8 Å². The van der Waals surface area contributed by atoms with Crippen LogP contribution in [0.4, 0.5) is 9.18 Å². The van der Waals surface area contributed by atoms with Gasteiger partial charge in [0, 0.05) is 12.3 Å². The summed E-state index contributed by atoms with van der Waals surface area (Å²) in [6.07, 6.45) is 3.29. The van der Waals surface area contributed by atoms with Crippen molar-refractivity contribution in [2.45, 2.75) is 18.4 Å². The quantitative estimate of drug-likeness (QED) is 0.617. The van der Waals surface area contributed by atoms with E-state index in [0.717, 1.165) is 27.5 Å². The van der Waals surface area contributed by atoms with Crippen LogP contribution >= 0.6 is 0 Å². The third-order valence-electron chi connectivity index (χ3n) is 5.14. The molecular weight excluding hydrogens is 369 g/mol. The lowest BCUT2D eigenvalue weighted by Crippen LogP contribution is -2.41. The van der Waals surface area contributed by atoms with Crippen LogP contribution < -0.4 is 5.32 Å². The highest BCUT2D eigenvalue weighted by Gasteiger charge is 2.24. The lowest BCUT2D eigenvalue weighted by Gasteiger charge is -2.16. The SMILES string of the molecule is O=C(N[C@@H](Cc1ccccc1)C(=O)F)OCC1C=Cc2c1ccc1ccccc21. The molecule has 3 aromatic rings. The van der Waals surface area contributed by atoms with Crippen molar-refractivity contribution in [2.75, 3.05) is 6.61 Å². The summed E-state index contributed by atoms with van der Waals surface area (Å²) in [5.41, 5.74) is 2.96. The topological polar surface area (TPSA) is 55.4 Å². The summed E-state index contributed by atoms with van der Waals surface area (Å²) in [5, 5.41) is 4.64. The monoisotopic (exact) mass is 389 g/mol. The Morgan fingerprint density at radius 1 is 1.00 bits per heavy atom. The number of fused-ring (bicyclic) bond motifs is 3. The van der Waals surface area contributed by atoms with Crippen molar-refractivity contribution in [3.05, 3.63) is 89.5 Å². The standard InChI is InChI=1S/C24H20FNO3/c25-23(27)22(14-16-6-2-1-3-7-16)26-24(28)29-15-18-11-13-21-19-9-5-4-8-17(19)10-12-20(18)21/h1-13,18,22H,14-15H2,(H,26,28)/t18?,22-/m0/s1. The number of amides is 1. The van der Waals surface area contributed by atoms with Gasteiger partial charge in [0.2, 0.25) is 0 Å². The zero-order valence-electron chi connectivity index (χ0n) is 15.7. The van der Waals surface area contributed by atoms with Crippen molar-refractivity contribution in [1.82, 2.24) is 5.32 Å².